The van der Waals surface area contributed by atoms with Crippen molar-refractivity contribution < 1.29 is 19.1 Å². The van der Waals surface area contributed by atoms with Crippen molar-refractivity contribution in [2.45, 2.75) is 57.8 Å². The van der Waals surface area contributed by atoms with Gasteiger partial charge in [0.2, 0.25) is 0 Å². The minimum atomic E-state index is 0.650. The third-order valence-corrected chi connectivity index (χ3v) is 7.29. The van der Waals surface area contributed by atoms with Gasteiger partial charge in [-0.05, 0) is 41.9 Å². The molecule has 0 saturated heterocycles. The van der Waals surface area contributed by atoms with E-state index < -0.39 is 0 Å². The van der Waals surface area contributed by atoms with Crippen molar-refractivity contribution >= 4 is 49.5 Å². The summed E-state index contributed by atoms with van der Waals surface area (Å²) in [6.07, 6.45) is 20.9. The number of ether oxygens (including phenoxy) is 2. The van der Waals surface area contributed by atoms with Gasteiger partial charge in [-0.1, -0.05) is 118 Å². The highest BCUT2D eigenvalue weighted by molar-refractivity contribution is 7.80. The Labute approximate surface area is 250 Å². The van der Waals surface area contributed by atoms with E-state index in [4.69, 9.17) is 9.47 Å². The zero-order valence-electron chi connectivity index (χ0n) is 24.1. The Morgan fingerprint density at radius 3 is 1.44 bits per heavy atom. The fourth-order valence-electron chi connectivity index (χ4n) is 4.53. The van der Waals surface area contributed by atoms with Crippen LogP contribution in [0.1, 0.15) is 101 Å². The summed E-state index contributed by atoms with van der Waals surface area (Å²) in [7, 11) is 1.66. The highest BCUT2D eigenvalue weighted by Crippen LogP contribution is 2.32. The van der Waals surface area contributed by atoms with E-state index in [0.717, 1.165) is 64.9 Å². The van der Waals surface area contributed by atoms with Gasteiger partial charge >= 0.3 is 0 Å². The Kier molecular flexibility index (Phi) is 14.6. The molecular weight excluding hydrogens is 528 g/mol. The third kappa shape index (κ3) is 11.4. The summed E-state index contributed by atoms with van der Waals surface area (Å²) in [5, 5.41) is 0. The quantitative estimate of drug-likeness (QED) is 0.0675. The van der Waals surface area contributed by atoms with Crippen LogP contribution in [0.2, 0.25) is 0 Å². The first kappa shape index (κ1) is 32.0. The molecule has 0 aromatic heterocycles. The number of thiol groups is 1. The van der Waals surface area contributed by atoms with Crippen molar-refractivity contribution in [3.05, 3.63) is 94.0 Å². The topological polar surface area (TPSA) is 52.6 Å². The van der Waals surface area contributed by atoms with Gasteiger partial charge in [-0.15, -0.1) is 0 Å². The average Bonchev–Trinajstić information content (AvgIpc) is 3.02. The second-order valence-corrected chi connectivity index (χ2v) is 10.6. The number of carbonyl (C=O) groups excluding carboxylic acids is 2. The van der Waals surface area contributed by atoms with Crippen LogP contribution in [0, 0.1) is 0 Å². The molecule has 3 rings (SSSR count). The molecule has 0 aliphatic carbocycles. The van der Waals surface area contributed by atoms with Crippen LogP contribution in [-0.4, -0.2) is 32.0 Å². The first-order valence-electron chi connectivity index (χ1n) is 14.6. The molecule has 0 atom stereocenters. The van der Waals surface area contributed by atoms with Crippen LogP contribution in [0.4, 0.5) is 0 Å². The van der Waals surface area contributed by atoms with Gasteiger partial charge in [0.15, 0.2) is 0 Å². The number of carbonyl (C=O) groups is 2. The summed E-state index contributed by atoms with van der Waals surface area (Å²) in [6.45, 7) is 0.652. The number of rotatable bonds is 19. The minimum Gasteiger partial charge on any atom is -0.496 e. The van der Waals surface area contributed by atoms with Crippen LogP contribution in [0.25, 0.3) is 24.3 Å². The normalized spacial score (nSPS) is 11.3. The van der Waals surface area contributed by atoms with Gasteiger partial charge in [-0.25, -0.2) is 0 Å². The van der Waals surface area contributed by atoms with E-state index >= 15 is 0 Å². The molecule has 0 aliphatic rings. The molecule has 3 aromatic carbocycles. The first-order chi connectivity index (χ1) is 20.2. The number of aldehydes is 2. The Hall–Kier alpha value is -3.57. The molecule has 0 heterocycles. The smallest absolute Gasteiger partial charge is 0.150 e. The van der Waals surface area contributed by atoms with Gasteiger partial charge in [0.1, 0.15) is 24.1 Å². The molecule has 0 unspecified atom stereocenters. The van der Waals surface area contributed by atoms with Crippen LogP contribution < -0.4 is 9.47 Å². The van der Waals surface area contributed by atoms with Crippen LogP contribution in [0.3, 0.4) is 0 Å². The molecule has 0 saturated carbocycles. The predicted octanol–water partition coefficient (Wildman–Crippen LogP) is 9.48. The molecule has 0 fully saturated rings. The lowest BCUT2D eigenvalue weighted by Crippen LogP contribution is -2.00. The largest absolute Gasteiger partial charge is 0.496 e. The lowest BCUT2D eigenvalue weighted by Gasteiger charge is -2.14. The number of unbranched alkanes of at least 4 members (excludes halogenated alkanes) is 8. The van der Waals surface area contributed by atoms with E-state index in [-0.39, 0.29) is 0 Å². The van der Waals surface area contributed by atoms with E-state index in [2.05, 4.69) is 12.6 Å². The summed E-state index contributed by atoms with van der Waals surface area (Å²) in [5.74, 6) is 2.53. The van der Waals surface area contributed by atoms with Gasteiger partial charge in [0.25, 0.3) is 0 Å². The summed E-state index contributed by atoms with van der Waals surface area (Å²) >= 11 is 4.28. The summed E-state index contributed by atoms with van der Waals surface area (Å²) in [5.41, 5.74) is 5.12. The minimum absolute atomic E-state index is 0.650. The second-order valence-electron chi connectivity index (χ2n) is 10.1. The van der Waals surface area contributed by atoms with Crippen LogP contribution in [0.15, 0.2) is 60.7 Å². The number of hydrogen-bond donors (Lipinski definition) is 1. The maximum Gasteiger partial charge on any atom is 0.150 e. The zero-order valence-corrected chi connectivity index (χ0v) is 25.0. The van der Waals surface area contributed by atoms with Crippen LogP contribution in [-0.2, 0) is 0 Å². The second kappa shape index (κ2) is 18.7. The molecule has 5 heteroatoms. The lowest BCUT2D eigenvalue weighted by molar-refractivity contribution is 0.111. The Morgan fingerprint density at radius 1 is 0.561 bits per heavy atom. The van der Waals surface area contributed by atoms with Crippen molar-refractivity contribution in [2.24, 2.45) is 0 Å². The molecular formula is C36H42O4S. The molecule has 0 amide bonds. The van der Waals surface area contributed by atoms with Gasteiger partial charge in [-0.3, -0.25) is 9.59 Å². The molecule has 0 N–H and O–H groups in total. The highest BCUT2D eigenvalue weighted by atomic mass is 32.1. The highest BCUT2D eigenvalue weighted by Gasteiger charge is 2.09. The molecule has 41 heavy (non-hydrogen) atoms. The van der Waals surface area contributed by atoms with E-state index in [1.807, 2.05) is 72.8 Å². The Morgan fingerprint density at radius 2 is 0.976 bits per heavy atom. The van der Waals surface area contributed by atoms with Crippen molar-refractivity contribution in [1.29, 1.82) is 0 Å². The fourth-order valence-corrected chi connectivity index (χ4v) is 4.75. The van der Waals surface area contributed by atoms with Crippen molar-refractivity contribution in [3.63, 3.8) is 0 Å². The van der Waals surface area contributed by atoms with E-state index in [1.54, 1.807) is 19.2 Å². The van der Waals surface area contributed by atoms with Crippen molar-refractivity contribution in [2.75, 3.05) is 19.5 Å². The monoisotopic (exact) mass is 570 g/mol. The standard InChI is InChI=1S/C36H42O4S/c1-39-35-25-34(22-20-30-13-17-32(28-38)18-14-30)36(40-23-9-7-5-3-2-4-6-8-10-24-41)26-33(35)21-19-29-11-15-31(27-37)16-12-29/h11-22,25-28,41H,2-10,23-24H2,1H3/b21-19+,22-20?. The molecule has 0 spiro atoms. The number of methoxy groups -OCH3 is 1. The van der Waals surface area contributed by atoms with Gasteiger partial charge in [0, 0.05) is 22.3 Å². The van der Waals surface area contributed by atoms with Crippen LogP contribution in [0.5, 0.6) is 11.5 Å². The maximum absolute atomic E-state index is 11.0. The van der Waals surface area contributed by atoms with Crippen molar-refractivity contribution in [1.82, 2.24) is 0 Å². The Bertz CT molecular complexity index is 1260. The SMILES string of the molecule is COc1cc(C=Cc2ccc(C=O)cc2)c(OCCCCCCCCCCCS)cc1/C=C/c1ccc(C=O)cc1. The zero-order chi connectivity index (χ0) is 29.1. The maximum atomic E-state index is 11.0. The summed E-state index contributed by atoms with van der Waals surface area (Å²) in [4.78, 5) is 22.0. The van der Waals surface area contributed by atoms with E-state index in [1.165, 1.54) is 44.9 Å². The molecule has 4 nitrogen and oxygen atoms in total. The predicted molar refractivity (Wildman–Crippen MR) is 175 cm³/mol. The average molecular weight is 571 g/mol. The van der Waals surface area contributed by atoms with E-state index in [9.17, 15) is 9.59 Å². The first-order valence-corrected chi connectivity index (χ1v) is 15.2. The number of benzene rings is 3. The van der Waals surface area contributed by atoms with Gasteiger partial charge < -0.3 is 9.47 Å². The molecule has 0 radical (unpaired) electrons. The van der Waals surface area contributed by atoms with Crippen LogP contribution >= 0.6 is 12.6 Å². The lowest BCUT2D eigenvalue weighted by atomic mass is 10.0. The summed E-state index contributed by atoms with van der Waals surface area (Å²) in [6, 6.07) is 18.9. The molecule has 216 valence electrons. The fraction of sp³-hybridized carbons (Fsp3) is 0.333. The molecule has 0 bridgehead atoms. The number of hydrogen-bond acceptors (Lipinski definition) is 5. The van der Waals surface area contributed by atoms with E-state index in [0.29, 0.717) is 17.7 Å². The third-order valence-electron chi connectivity index (χ3n) is 6.98. The van der Waals surface area contributed by atoms with Crippen molar-refractivity contribution in [3.8, 4) is 11.5 Å². The summed E-state index contributed by atoms with van der Waals surface area (Å²) < 4.78 is 12.1. The van der Waals surface area contributed by atoms with Gasteiger partial charge in [-0.2, -0.15) is 12.6 Å². The Balaban J connectivity index is 1.69. The molecule has 3 aromatic rings. The molecule has 0 aliphatic heterocycles. The van der Waals surface area contributed by atoms with Gasteiger partial charge in [0.05, 0.1) is 13.7 Å².